The smallest absolute Gasteiger partial charge is 0.335 e. The fourth-order valence-electron chi connectivity index (χ4n) is 4.47. The molecule has 39 heavy (non-hydrogen) atoms. The van der Waals surface area contributed by atoms with Gasteiger partial charge in [0.2, 0.25) is 0 Å². The Hall–Kier alpha value is -1.21. The first kappa shape index (κ1) is 32.3. The third kappa shape index (κ3) is 6.50. The van der Waals surface area contributed by atoms with Crippen molar-refractivity contribution in [2.24, 2.45) is 0 Å². The molecule has 0 unspecified atom stereocenters. The van der Waals surface area contributed by atoms with Gasteiger partial charge in [0.15, 0.2) is 25.0 Å². The summed E-state index contributed by atoms with van der Waals surface area (Å²) in [5.74, 6) is -1.77. The Morgan fingerprint density at radius 2 is 1.15 bits per heavy atom. The van der Waals surface area contributed by atoms with Crippen LogP contribution in [0.15, 0.2) is 0 Å². The lowest BCUT2D eigenvalue weighted by atomic mass is 9.93. The van der Waals surface area contributed by atoms with E-state index < -0.39 is 124 Å². The second-order valence-electron chi connectivity index (χ2n) is 9.36. The van der Waals surface area contributed by atoms with E-state index in [1.54, 1.807) is 0 Å². The minimum Gasteiger partial charge on any atom is -0.479 e. The number of carbonyl (C=O) groups is 1. The van der Waals surface area contributed by atoms with E-state index >= 15 is 0 Å². The molecular weight excluding hydrogens is 544 g/mol. The molecule has 19 nitrogen and oxygen atoms in total. The van der Waals surface area contributed by atoms with E-state index in [0.717, 1.165) is 0 Å². The van der Waals surface area contributed by atoms with Crippen molar-refractivity contribution in [2.75, 3.05) is 13.2 Å². The molecule has 3 fully saturated rings. The molecular formula is C20H34O19. The molecule has 0 bridgehead atoms. The maximum atomic E-state index is 11.4. The van der Waals surface area contributed by atoms with Crippen LogP contribution in [0.3, 0.4) is 0 Å². The van der Waals surface area contributed by atoms with Crippen molar-refractivity contribution in [2.45, 2.75) is 104 Å². The molecule has 0 amide bonds. The Kier molecular flexibility index (Phi) is 10.9. The van der Waals surface area contributed by atoms with Crippen LogP contribution in [0.5, 0.6) is 0 Å². The van der Waals surface area contributed by atoms with Gasteiger partial charge in [0, 0.05) is 0 Å². The Bertz CT molecular complexity index is 803. The monoisotopic (exact) mass is 578 g/mol. The van der Waals surface area contributed by atoms with E-state index in [2.05, 4.69) is 0 Å². The van der Waals surface area contributed by atoms with E-state index in [1.165, 1.54) is 0 Å². The molecule has 0 spiro atoms. The summed E-state index contributed by atoms with van der Waals surface area (Å²) >= 11 is 0. The topological polar surface area (TPSA) is 326 Å². The van der Waals surface area contributed by atoms with Crippen molar-refractivity contribution >= 4 is 5.97 Å². The van der Waals surface area contributed by atoms with Gasteiger partial charge in [-0.05, 0) is 0 Å². The zero-order valence-electron chi connectivity index (χ0n) is 20.0. The maximum Gasteiger partial charge on any atom is 0.335 e. The zero-order valence-corrected chi connectivity index (χ0v) is 20.0. The number of hydrogen-bond donors (Lipinski definition) is 13. The predicted molar refractivity (Wildman–Crippen MR) is 114 cm³/mol. The highest BCUT2D eigenvalue weighted by Crippen LogP contribution is 2.34. The first-order chi connectivity index (χ1) is 18.2. The maximum absolute atomic E-state index is 11.4. The summed E-state index contributed by atoms with van der Waals surface area (Å²) in [4.78, 5) is 11.4. The van der Waals surface area contributed by atoms with Crippen molar-refractivity contribution in [1.29, 1.82) is 0 Å². The van der Waals surface area contributed by atoms with Crippen molar-refractivity contribution in [3.05, 3.63) is 0 Å². The summed E-state index contributed by atoms with van der Waals surface area (Å²) < 4.78 is 26.2. The molecule has 0 aromatic rings. The molecule has 3 saturated heterocycles. The SMILES string of the molecule is O=C(O)[C@H]1O[C@H](O[C@@H]2[C@@H](O[C@H]3[C@H](O)[C@@H]([C@H](O)CO)O[C@H](O)[C@H]3O)O[C@H]([C@@H](O)CO)[C@@H](O)[C@@H]2O)[C@H](O)[C@@H](O)[C@@H]1O. The molecule has 3 aliphatic rings. The van der Waals surface area contributed by atoms with Gasteiger partial charge in [0.05, 0.1) is 13.2 Å². The fourth-order valence-corrected chi connectivity index (χ4v) is 4.47. The molecule has 13 N–H and O–H groups in total. The van der Waals surface area contributed by atoms with Crippen molar-refractivity contribution in [3.63, 3.8) is 0 Å². The van der Waals surface area contributed by atoms with Gasteiger partial charge < -0.3 is 90.1 Å². The summed E-state index contributed by atoms with van der Waals surface area (Å²) in [7, 11) is 0. The number of carboxylic acids is 1. The van der Waals surface area contributed by atoms with Crippen LogP contribution in [0, 0.1) is 0 Å². The van der Waals surface area contributed by atoms with Crippen LogP contribution >= 0.6 is 0 Å². The van der Waals surface area contributed by atoms with Gasteiger partial charge >= 0.3 is 5.97 Å². The van der Waals surface area contributed by atoms with Crippen LogP contribution in [0.1, 0.15) is 0 Å². The van der Waals surface area contributed by atoms with E-state index in [9.17, 15) is 71.2 Å². The number of carboxylic acid groups (broad SMARTS) is 1. The summed E-state index contributed by atoms with van der Waals surface area (Å²) in [5, 5.41) is 130. The highest BCUT2D eigenvalue weighted by molar-refractivity contribution is 5.73. The van der Waals surface area contributed by atoms with E-state index in [4.69, 9.17) is 23.7 Å². The zero-order chi connectivity index (χ0) is 29.3. The number of hydrogen-bond acceptors (Lipinski definition) is 18. The quantitative estimate of drug-likeness (QED) is 0.121. The third-order valence-electron chi connectivity index (χ3n) is 6.71. The average molecular weight is 578 g/mol. The predicted octanol–water partition coefficient (Wildman–Crippen LogP) is -8.76. The van der Waals surface area contributed by atoms with Crippen molar-refractivity contribution in [3.8, 4) is 0 Å². The molecule has 3 heterocycles. The minimum atomic E-state index is -2.14. The molecule has 0 aromatic heterocycles. The molecule has 228 valence electrons. The van der Waals surface area contributed by atoms with Crippen LogP contribution in [0.4, 0.5) is 0 Å². The molecule has 3 aliphatic heterocycles. The Balaban J connectivity index is 1.92. The van der Waals surface area contributed by atoms with Crippen LogP contribution in [-0.4, -0.2) is 190 Å². The van der Waals surface area contributed by atoms with Gasteiger partial charge in [-0.25, -0.2) is 4.79 Å². The highest BCUT2D eigenvalue weighted by Gasteiger charge is 2.56. The lowest BCUT2D eigenvalue weighted by Crippen LogP contribution is -2.68. The van der Waals surface area contributed by atoms with Crippen LogP contribution in [0.2, 0.25) is 0 Å². The number of rotatable bonds is 9. The van der Waals surface area contributed by atoms with E-state index in [0.29, 0.717) is 0 Å². The van der Waals surface area contributed by atoms with Crippen LogP contribution in [0.25, 0.3) is 0 Å². The van der Waals surface area contributed by atoms with Crippen molar-refractivity contribution < 1.29 is 94.9 Å². The number of aliphatic carboxylic acids is 1. The average Bonchev–Trinajstić information content (AvgIpc) is 2.90. The molecule has 17 atom stereocenters. The summed E-state index contributed by atoms with van der Waals surface area (Å²) in [5.41, 5.74) is 0. The highest BCUT2D eigenvalue weighted by atomic mass is 16.8. The first-order valence-corrected chi connectivity index (χ1v) is 11.8. The van der Waals surface area contributed by atoms with Gasteiger partial charge in [-0.3, -0.25) is 0 Å². The fraction of sp³-hybridized carbons (Fsp3) is 0.950. The van der Waals surface area contributed by atoms with Gasteiger partial charge in [-0.1, -0.05) is 0 Å². The molecule has 0 aliphatic carbocycles. The van der Waals surface area contributed by atoms with E-state index in [-0.39, 0.29) is 0 Å². The number of aliphatic hydroxyl groups excluding tert-OH is 12. The van der Waals surface area contributed by atoms with Gasteiger partial charge in [0.1, 0.15) is 79.4 Å². The minimum absolute atomic E-state index is 0.950. The Morgan fingerprint density at radius 1 is 0.615 bits per heavy atom. The first-order valence-electron chi connectivity index (χ1n) is 11.8. The molecule has 19 heteroatoms. The van der Waals surface area contributed by atoms with Gasteiger partial charge in [-0.2, -0.15) is 0 Å². The van der Waals surface area contributed by atoms with E-state index in [1.807, 2.05) is 0 Å². The normalized spacial score (nSPS) is 48.9. The lowest BCUT2D eigenvalue weighted by molar-refractivity contribution is -0.390. The summed E-state index contributed by atoms with van der Waals surface area (Å²) in [6.45, 7) is -1.94. The lowest BCUT2D eigenvalue weighted by Gasteiger charge is -2.49. The summed E-state index contributed by atoms with van der Waals surface area (Å²) in [6, 6.07) is 0. The van der Waals surface area contributed by atoms with Crippen molar-refractivity contribution in [1.82, 2.24) is 0 Å². The summed E-state index contributed by atoms with van der Waals surface area (Å²) in [6.07, 6.45) is -34.2. The number of ether oxygens (including phenoxy) is 5. The largest absolute Gasteiger partial charge is 0.479 e. The molecule has 0 radical (unpaired) electrons. The standard InChI is InChI=1S/C20H34O19/c21-1-3(23)12-7(27)8(28)16(39-19-9(29)5(25)6(26)15(38-19)17(32)33)20(36-12)37-14-10(30)13(4(24)2-22)35-18(34)11(14)31/h3-16,18-31,34H,1-2H2,(H,32,33)/t3-,4+,5-,6-,7-,8-,9+,10+,11-,12+,13+,14-,15-,16-,18-,19+,20+/m0/s1. The van der Waals surface area contributed by atoms with Gasteiger partial charge in [0.25, 0.3) is 0 Å². The van der Waals surface area contributed by atoms with Crippen LogP contribution < -0.4 is 0 Å². The Morgan fingerprint density at radius 3 is 1.69 bits per heavy atom. The molecule has 3 rings (SSSR count). The molecule has 0 saturated carbocycles. The molecule has 0 aromatic carbocycles. The second-order valence-corrected chi connectivity index (χ2v) is 9.36. The third-order valence-corrected chi connectivity index (χ3v) is 6.71. The van der Waals surface area contributed by atoms with Gasteiger partial charge in [-0.15, -0.1) is 0 Å². The van der Waals surface area contributed by atoms with Crippen LogP contribution in [-0.2, 0) is 28.5 Å². The number of aliphatic hydroxyl groups is 12. The second kappa shape index (κ2) is 13.2. The Labute approximate surface area is 219 Å².